The van der Waals surface area contributed by atoms with Crippen LogP contribution in [-0.4, -0.2) is 16.8 Å². The number of hydrogen-bond donors (Lipinski definition) is 2. The Balaban J connectivity index is 2.39. The summed E-state index contributed by atoms with van der Waals surface area (Å²) in [6.45, 7) is 3.64. The van der Waals surface area contributed by atoms with E-state index in [9.17, 15) is 15.2 Å². The van der Waals surface area contributed by atoms with Gasteiger partial charge in [0.2, 0.25) is 5.91 Å². The molecule has 0 radical (unpaired) electrons. The Bertz CT molecular complexity index is 599. The van der Waals surface area contributed by atoms with Gasteiger partial charge in [-0.05, 0) is 17.7 Å². The molecule has 1 amide bonds. The van der Waals surface area contributed by atoms with Crippen molar-refractivity contribution in [1.29, 1.82) is 5.26 Å². The Morgan fingerprint density at radius 2 is 2.20 bits per heavy atom. The summed E-state index contributed by atoms with van der Waals surface area (Å²) in [6.07, 6.45) is 1.97. The van der Waals surface area contributed by atoms with E-state index in [1.807, 2.05) is 0 Å². The number of benzene rings is 1. The van der Waals surface area contributed by atoms with Gasteiger partial charge in [-0.3, -0.25) is 4.79 Å². The van der Waals surface area contributed by atoms with Crippen molar-refractivity contribution in [3.8, 4) is 11.8 Å². The fraction of sp³-hybridized carbons (Fsp3) is 0.200. The van der Waals surface area contributed by atoms with Gasteiger partial charge in [0.15, 0.2) is 0 Å². The van der Waals surface area contributed by atoms with Gasteiger partial charge >= 0.3 is 0 Å². The third kappa shape index (κ3) is 3.03. The summed E-state index contributed by atoms with van der Waals surface area (Å²) in [7, 11) is 0. The molecule has 20 heavy (non-hydrogen) atoms. The van der Waals surface area contributed by atoms with E-state index in [1.165, 1.54) is 11.8 Å². The highest BCUT2D eigenvalue weighted by Gasteiger charge is 2.29. The monoisotopic (exact) mass is 286 g/mol. The Hall–Kier alpha value is -2.19. The van der Waals surface area contributed by atoms with Crippen LogP contribution < -0.4 is 5.32 Å². The van der Waals surface area contributed by atoms with Gasteiger partial charge in [-0.25, -0.2) is 0 Å². The lowest BCUT2D eigenvalue weighted by atomic mass is 9.87. The summed E-state index contributed by atoms with van der Waals surface area (Å²) < 4.78 is 0. The minimum atomic E-state index is -0.262. The highest BCUT2D eigenvalue weighted by molar-refractivity contribution is 8.03. The highest BCUT2D eigenvalue weighted by Crippen LogP contribution is 2.36. The van der Waals surface area contributed by atoms with Crippen LogP contribution in [-0.2, 0) is 4.79 Å². The van der Waals surface area contributed by atoms with Crippen LogP contribution >= 0.6 is 11.8 Å². The molecular formula is C15H14N2O2S. The molecular weight excluding hydrogens is 272 g/mol. The molecule has 1 heterocycles. The Morgan fingerprint density at radius 3 is 2.80 bits per heavy atom. The van der Waals surface area contributed by atoms with Crippen LogP contribution in [0, 0.1) is 11.3 Å². The van der Waals surface area contributed by atoms with E-state index in [0.717, 1.165) is 5.56 Å². The average Bonchev–Trinajstić information content (AvgIpc) is 2.45. The van der Waals surface area contributed by atoms with E-state index < -0.39 is 0 Å². The first kappa shape index (κ1) is 14.2. The van der Waals surface area contributed by atoms with Gasteiger partial charge in [-0.1, -0.05) is 18.2 Å². The summed E-state index contributed by atoms with van der Waals surface area (Å²) >= 11 is 1.39. The quantitative estimate of drug-likeness (QED) is 0.835. The number of nitrogens with one attached hydrogen (secondary N) is 1. The number of amides is 1. The standard InChI is InChI=1S/C15H14N2O2S/c1-2-7-20-15-13(9-16)12(8-14(19)17-15)10-3-5-11(18)6-4-10/h2-6,12,18H,1,7-8H2,(H,17,19)/t12-/m0/s1. The van der Waals surface area contributed by atoms with Crippen LogP contribution in [0.15, 0.2) is 47.5 Å². The number of hydrogen-bond acceptors (Lipinski definition) is 4. The van der Waals surface area contributed by atoms with Crippen molar-refractivity contribution < 1.29 is 9.90 Å². The number of nitriles is 1. The lowest BCUT2D eigenvalue weighted by molar-refractivity contribution is -0.120. The van der Waals surface area contributed by atoms with Crippen molar-refractivity contribution in [2.45, 2.75) is 12.3 Å². The minimum absolute atomic E-state index is 0.103. The molecule has 0 aliphatic carbocycles. The van der Waals surface area contributed by atoms with Crippen LogP contribution in [0.5, 0.6) is 5.75 Å². The average molecular weight is 286 g/mol. The van der Waals surface area contributed by atoms with E-state index in [2.05, 4.69) is 18.0 Å². The second-order valence-corrected chi connectivity index (χ2v) is 5.38. The number of aromatic hydroxyl groups is 1. The summed E-state index contributed by atoms with van der Waals surface area (Å²) in [6, 6.07) is 8.80. The molecule has 0 aromatic heterocycles. The molecule has 0 saturated heterocycles. The maximum absolute atomic E-state index is 11.8. The molecule has 0 saturated carbocycles. The second-order valence-electron chi connectivity index (χ2n) is 4.35. The zero-order valence-electron chi connectivity index (χ0n) is 10.8. The van der Waals surface area contributed by atoms with Crippen molar-refractivity contribution in [1.82, 2.24) is 5.32 Å². The number of rotatable bonds is 4. The molecule has 0 bridgehead atoms. The zero-order chi connectivity index (χ0) is 14.5. The Morgan fingerprint density at radius 1 is 1.50 bits per heavy atom. The van der Waals surface area contributed by atoms with Crippen molar-refractivity contribution in [3.63, 3.8) is 0 Å². The molecule has 0 spiro atoms. The lowest BCUT2D eigenvalue weighted by Gasteiger charge is -2.24. The van der Waals surface area contributed by atoms with Gasteiger partial charge in [-0.15, -0.1) is 18.3 Å². The second kappa shape index (κ2) is 6.31. The predicted molar refractivity (Wildman–Crippen MR) is 78.9 cm³/mol. The third-order valence-electron chi connectivity index (χ3n) is 3.00. The number of allylic oxidation sites excluding steroid dienone is 1. The molecule has 1 aliphatic rings. The van der Waals surface area contributed by atoms with Crippen LogP contribution in [0.25, 0.3) is 0 Å². The van der Waals surface area contributed by atoms with Crippen LogP contribution in [0.3, 0.4) is 0 Å². The maximum atomic E-state index is 11.8. The fourth-order valence-corrected chi connectivity index (χ4v) is 2.88. The first-order valence-corrected chi connectivity index (χ1v) is 7.11. The van der Waals surface area contributed by atoms with E-state index in [4.69, 9.17) is 0 Å². The molecule has 0 unspecified atom stereocenters. The first-order chi connectivity index (χ1) is 9.65. The summed E-state index contributed by atoms with van der Waals surface area (Å²) in [5, 5.41) is 22.1. The van der Waals surface area contributed by atoms with Crippen molar-refractivity contribution in [3.05, 3.63) is 53.1 Å². The number of thioether (sulfide) groups is 1. The first-order valence-electron chi connectivity index (χ1n) is 6.12. The molecule has 102 valence electrons. The third-order valence-corrected chi connectivity index (χ3v) is 4.01. The van der Waals surface area contributed by atoms with E-state index in [1.54, 1.807) is 30.3 Å². The van der Waals surface area contributed by atoms with Crippen molar-refractivity contribution in [2.75, 3.05) is 5.75 Å². The molecule has 1 aromatic carbocycles. The minimum Gasteiger partial charge on any atom is -0.508 e. The van der Waals surface area contributed by atoms with Gasteiger partial charge in [0.25, 0.3) is 0 Å². The molecule has 1 atom stereocenters. The molecule has 2 rings (SSSR count). The maximum Gasteiger partial charge on any atom is 0.225 e. The summed E-state index contributed by atoms with van der Waals surface area (Å²) in [5.74, 6) is 0.427. The van der Waals surface area contributed by atoms with E-state index in [-0.39, 0.29) is 24.0 Å². The summed E-state index contributed by atoms with van der Waals surface area (Å²) in [5.41, 5.74) is 1.41. The van der Waals surface area contributed by atoms with Gasteiger partial charge in [-0.2, -0.15) is 5.26 Å². The number of nitrogens with zero attached hydrogens (tertiary/aromatic N) is 1. The van der Waals surface area contributed by atoms with Crippen molar-refractivity contribution >= 4 is 17.7 Å². The molecule has 1 aliphatic heterocycles. The largest absolute Gasteiger partial charge is 0.508 e. The van der Waals surface area contributed by atoms with E-state index in [0.29, 0.717) is 16.4 Å². The zero-order valence-corrected chi connectivity index (χ0v) is 11.6. The smallest absolute Gasteiger partial charge is 0.225 e. The van der Waals surface area contributed by atoms with Gasteiger partial charge < -0.3 is 10.4 Å². The normalized spacial score (nSPS) is 18.4. The van der Waals surface area contributed by atoms with Gasteiger partial charge in [0.05, 0.1) is 16.7 Å². The number of carbonyl (C=O) groups excluding carboxylic acids is 1. The van der Waals surface area contributed by atoms with Gasteiger partial charge in [0.1, 0.15) is 5.75 Å². The number of phenolic OH excluding ortho intramolecular Hbond substituents is 1. The topological polar surface area (TPSA) is 73.1 Å². The van der Waals surface area contributed by atoms with Crippen molar-refractivity contribution in [2.24, 2.45) is 0 Å². The molecule has 1 aromatic rings. The summed E-state index contributed by atoms with van der Waals surface area (Å²) in [4.78, 5) is 11.8. The van der Waals surface area contributed by atoms with E-state index >= 15 is 0 Å². The fourth-order valence-electron chi connectivity index (χ4n) is 2.07. The Labute approximate surface area is 121 Å². The molecule has 5 heteroatoms. The SMILES string of the molecule is C=CCSC1=C(C#N)[C@H](c2ccc(O)cc2)CC(=O)N1. The van der Waals surface area contributed by atoms with Crippen LogP contribution in [0.2, 0.25) is 0 Å². The predicted octanol–water partition coefficient (Wildman–Crippen LogP) is 2.65. The van der Waals surface area contributed by atoms with Crippen LogP contribution in [0.4, 0.5) is 0 Å². The highest BCUT2D eigenvalue weighted by atomic mass is 32.2. The number of phenols is 1. The van der Waals surface area contributed by atoms with Crippen LogP contribution in [0.1, 0.15) is 17.9 Å². The molecule has 2 N–H and O–H groups in total. The molecule has 4 nitrogen and oxygen atoms in total. The Kier molecular flexibility index (Phi) is 4.49. The number of carbonyl (C=O) groups is 1. The molecule has 0 fully saturated rings. The lowest BCUT2D eigenvalue weighted by Crippen LogP contribution is -2.30. The van der Waals surface area contributed by atoms with Gasteiger partial charge in [0, 0.05) is 18.1 Å².